The van der Waals surface area contributed by atoms with E-state index in [4.69, 9.17) is 17.4 Å². The minimum absolute atomic E-state index is 0.0372. The molecule has 0 saturated heterocycles. The summed E-state index contributed by atoms with van der Waals surface area (Å²) in [6.45, 7) is 2.03. The molecular weight excluding hydrogens is 290 g/mol. The van der Waals surface area contributed by atoms with Crippen LogP contribution >= 0.6 is 22.9 Å². The highest BCUT2D eigenvalue weighted by molar-refractivity contribution is 7.10. The van der Waals surface area contributed by atoms with Crippen LogP contribution in [0.2, 0.25) is 5.02 Å². The Labute approximate surface area is 128 Å². The number of aryl methyl sites for hydroxylation is 2. The summed E-state index contributed by atoms with van der Waals surface area (Å²) in [4.78, 5) is 5.72. The molecule has 3 rings (SSSR count). The van der Waals surface area contributed by atoms with E-state index >= 15 is 0 Å². The van der Waals surface area contributed by atoms with E-state index in [0.29, 0.717) is 5.92 Å². The highest BCUT2D eigenvalue weighted by atomic mass is 35.5. The predicted molar refractivity (Wildman–Crippen MR) is 84.0 cm³/mol. The first kappa shape index (κ1) is 14.0. The number of aromatic nitrogens is 1. The van der Waals surface area contributed by atoms with E-state index in [1.807, 2.05) is 19.2 Å². The molecule has 2 aromatic rings. The molecule has 2 heterocycles. The molecule has 3 nitrogen and oxygen atoms in total. The van der Waals surface area contributed by atoms with E-state index in [9.17, 15) is 0 Å². The summed E-state index contributed by atoms with van der Waals surface area (Å²) in [5.41, 5.74) is 6.60. The number of hydrogen-bond donors (Lipinski definition) is 2. The number of rotatable bonds is 3. The molecule has 2 aromatic heterocycles. The third-order valence-corrected chi connectivity index (χ3v) is 5.83. The summed E-state index contributed by atoms with van der Waals surface area (Å²) in [6, 6.07) is 4.22. The van der Waals surface area contributed by atoms with Crippen LogP contribution in [-0.2, 0) is 6.42 Å². The van der Waals surface area contributed by atoms with Crippen LogP contribution in [-0.4, -0.2) is 4.98 Å². The molecule has 0 bridgehead atoms. The maximum Gasteiger partial charge on any atom is 0.0651 e. The van der Waals surface area contributed by atoms with Crippen molar-refractivity contribution in [2.24, 2.45) is 5.84 Å². The quantitative estimate of drug-likeness (QED) is 0.671. The van der Waals surface area contributed by atoms with Gasteiger partial charge in [0.05, 0.1) is 11.1 Å². The summed E-state index contributed by atoms with van der Waals surface area (Å²) < 4.78 is 0. The van der Waals surface area contributed by atoms with Gasteiger partial charge in [-0.25, -0.2) is 0 Å². The molecule has 2 unspecified atom stereocenters. The molecule has 0 aliphatic heterocycles. The van der Waals surface area contributed by atoms with Gasteiger partial charge in [-0.2, -0.15) is 0 Å². The molecule has 0 fully saturated rings. The van der Waals surface area contributed by atoms with Gasteiger partial charge in [-0.1, -0.05) is 17.7 Å². The topological polar surface area (TPSA) is 50.9 Å². The third-order valence-electron chi connectivity index (χ3n) is 4.03. The van der Waals surface area contributed by atoms with Crippen molar-refractivity contribution in [1.29, 1.82) is 0 Å². The van der Waals surface area contributed by atoms with Gasteiger partial charge in [-0.3, -0.25) is 16.3 Å². The summed E-state index contributed by atoms with van der Waals surface area (Å²) in [6.07, 6.45) is 5.23. The molecule has 0 spiro atoms. The number of fused-ring (bicyclic) bond motifs is 1. The maximum atomic E-state index is 6.42. The average Bonchev–Trinajstić information content (AvgIpc) is 2.81. The number of nitrogens with two attached hydrogens (primary N) is 1. The third kappa shape index (κ3) is 2.37. The van der Waals surface area contributed by atoms with Crippen LogP contribution in [0, 0.1) is 6.92 Å². The van der Waals surface area contributed by atoms with Crippen LogP contribution < -0.4 is 11.3 Å². The van der Waals surface area contributed by atoms with Crippen LogP contribution in [0.5, 0.6) is 0 Å². The summed E-state index contributed by atoms with van der Waals surface area (Å²) >= 11 is 8.10. The first-order valence-corrected chi connectivity index (χ1v) is 8.11. The standard InChI is InChI=1S/C15H18ClN3S/c1-9-8-20-15(12(9)16)14(19-17)11-6-2-4-10-5-3-7-18-13(10)11/h3,5,7-8,11,14,19H,2,4,6,17H2,1H3. The van der Waals surface area contributed by atoms with Crippen molar-refractivity contribution >= 4 is 22.9 Å². The van der Waals surface area contributed by atoms with Crippen LogP contribution in [0.15, 0.2) is 23.7 Å². The van der Waals surface area contributed by atoms with E-state index in [1.54, 1.807) is 11.3 Å². The SMILES string of the molecule is Cc1csc(C(NN)C2CCCc3cccnc32)c1Cl. The van der Waals surface area contributed by atoms with Crippen molar-refractivity contribution in [3.63, 3.8) is 0 Å². The van der Waals surface area contributed by atoms with Crippen molar-refractivity contribution in [2.75, 3.05) is 0 Å². The number of halogens is 1. The Balaban J connectivity index is 2.01. The number of nitrogens with one attached hydrogen (secondary N) is 1. The number of nitrogens with zero attached hydrogens (tertiary/aromatic N) is 1. The highest BCUT2D eigenvalue weighted by Gasteiger charge is 2.31. The lowest BCUT2D eigenvalue weighted by atomic mass is 9.81. The van der Waals surface area contributed by atoms with E-state index in [0.717, 1.165) is 28.3 Å². The Morgan fingerprint density at radius 1 is 1.55 bits per heavy atom. The number of pyridine rings is 1. The van der Waals surface area contributed by atoms with E-state index in [-0.39, 0.29) is 6.04 Å². The lowest BCUT2D eigenvalue weighted by Crippen LogP contribution is -2.34. The largest absolute Gasteiger partial charge is 0.271 e. The fraction of sp³-hybridized carbons (Fsp3) is 0.400. The molecular formula is C15H18ClN3S. The van der Waals surface area contributed by atoms with E-state index in [1.165, 1.54) is 17.7 Å². The molecule has 3 N–H and O–H groups in total. The highest BCUT2D eigenvalue weighted by Crippen LogP contribution is 2.43. The number of thiophene rings is 1. The predicted octanol–water partition coefficient (Wildman–Crippen LogP) is 3.73. The van der Waals surface area contributed by atoms with Crippen molar-refractivity contribution in [3.05, 3.63) is 50.4 Å². The van der Waals surface area contributed by atoms with Gasteiger partial charge in [0.15, 0.2) is 0 Å². The van der Waals surface area contributed by atoms with Gasteiger partial charge in [0.25, 0.3) is 0 Å². The van der Waals surface area contributed by atoms with Gasteiger partial charge in [-0.05, 0) is 48.8 Å². The fourth-order valence-electron chi connectivity index (χ4n) is 3.00. The molecule has 2 atom stereocenters. The molecule has 1 aliphatic carbocycles. The van der Waals surface area contributed by atoms with Gasteiger partial charge < -0.3 is 0 Å². The van der Waals surface area contributed by atoms with Crippen molar-refractivity contribution in [1.82, 2.24) is 10.4 Å². The fourth-order valence-corrected chi connectivity index (χ4v) is 4.44. The molecule has 5 heteroatoms. The minimum atomic E-state index is 0.0372. The Morgan fingerprint density at radius 3 is 3.10 bits per heavy atom. The van der Waals surface area contributed by atoms with Crippen LogP contribution in [0.25, 0.3) is 0 Å². The van der Waals surface area contributed by atoms with Gasteiger partial charge in [0.1, 0.15) is 0 Å². The van der Waals surface area contributed by atoms with Gasteiger partial charge >= 0.3 is 0 Å². The van der Waals surface area contributed by atoms with Crippen molar-refractivity contribution in [3.8, 4) is 0 Å². The maximum absolute atomic E-state index is 6.42. The van der Waals surface area contributed by atoms with Gasteiger partial charge in [0, 0.05) is 22.7 Å². The second kappa shape index (κ2) is 5.82. The summed E-state index contributed by atoms with van der Waals surface area (Å²) in [5.74, 6) is 6.13. The number of hydrogen-bond acceptors (Lipinski definition) is 4. The molecule has 0 saturated carbocycles. The molecule has 0 amide bonds. The summed E-state index contributed by atoms with van der Waals surface area (Å²) in [5, 5.41) is 2.92. The number of hydrazine groups is 1. The first-order valence-electron chi connectivity index (χ1n) is 6.85. The van der Waals surface area contributed by atoms with Crippen LogP contribution in [0.4, 0.5) is 0 Å². The van der Waals surface area contributed by atoms with Crippen LogP contribution in [0.1, 0.15) is 46.5 Å². The van der Waals surface area contributed by atoms with Crippen molar-refractivity contribution < 1.29 is 0 Å². The Kier molecular flexibility index (Phi) is 4.08. The Morgan fingerprint density at radius 2 is 2.40 bits per heavy atom. The first-order chi connectivity index (χ1) is 9.72. The van der Waals surface area contributed by atoms with E-state index in [2.05, 4.69) is 21.9 Å². The van der Waals surface area contributed by atoms with Crippen LogP contribution in [0.3, 0.4) is 0 Å². The zero-order valence-corrected chi connectivity index (χ0v) is 13.0. The molecule has 106 valence electrons. The second-order valence-electron chi connectivity index (χ2n) is 5.29. The lowest BCUT2D eigenvalue weighted by molar-refractivity contribution is 0.404. The van der Waals surface area contributed by atoms with E-state index < -0.39 is 0 Å². The van der Waals surface area contributed by atoms with Gasteiger partial charge in [-0.15, -0.1) is 11.3 Å². The zero-order valence-electron chi connectivity index (χ0n) is 11.4. The van der Waals surface area contributed by atoms with Crippen molar-refractivity contribution in [2.45, 2.75) is 38.1 Å². The Hall–Kier alpha value is -0.940. The lowest BCUT2D eigenvalue weighted by Gasteiger charge is -2.30. The molecule has 1 aliphatic rings. The average molecular weight is 308 g/mol. The monoisotopic (exact) mass is 307 g/mol. The normalized spacial score (nSPS) is 19.6. The van der Waals surface area contributed by atoms with Gasteiger partial charge in [0.2, 0.25) is 0 Å². The molecule has 20 heavy (non-hydrogen) atoms. The second-order valence-corrected chi connectivity index (χ2v) is 6.58. The Bertz CT molecular complexity index is 611. The molecule has 0 radical (unpaired) electrons. The smallest absolute Gasteiger partial charge is 0.0651 e. The summed E-state index contributed by atoms with van der Waals surface area (Å²) in [7, 11) is 0. The molecule has 0 aromatic carbocycles. The zero-order chi connectivity index (χ0) is 14.1. The minimum Gasteiger partial charge on any atom is -0.271 e.